The second kappa shape index (κ2) is 4.76. The van der Waals surface area contributed by atoms with E-state index >= 15 is 0 Å². The van der Waals surface area contributed by atoms with Crippen molar-refractivity contribution in [2.75, 3.05) is 6.61 Å². The number of ether oxygens (including phenoxy) is 1. The monoisotopic (exact) mass is 213 g/mol. The van der Waals surface area contributed by atoms with Gasteiger partial charge in [0.2, 0.25) is 0 Å². The van der Waals surface area contributed by atoms with E-state index in [1.54, 1.807) is 0 Å². The zero-order chi connectivity index (χ0) is 11.4. The van der Waals surface area contributed by atoms with Gasteiger partial charge in [-0.2, -0.15) is 0 Å². The Balaban J connectivity index is 2.46. The summed E-state index contributed by atoms with van der Waals surface area (Å²) in [6, 6.07) is 8.19. The summed E-state index contributed by atoms with van der Waals surface area (Å²) in [5.74, 6) is 6.92. The van der Waals surface area contributed by atoms with Crippen molar-refractivity contribution in [2.24, 2.45) is 0 Å². The van der Waals surface area contributed by atoms with Crippen molar-refractivity contribution in [2.45, 2.75) is 20.4 Å². The number of fused-ring (bicyclic) bond motifs is 1. The lowest BCUT2D eigenvalue weighted by Gasteiger charge is -2.05. The van der Waals surface area contributed by atoms with Crippen LogP contribution in [0.1, 0.15) is 13.8 Å². The maximum atomic E-state index is 5.59. The molecule has 0 saturated carbocycles. The molecule has 82 valence electrons. The van der Waals surface area contributed by atoms with Crippen LogP contribution in [-0.4, -0.2) is 11.2 Å². The summed E-state index contributed by atoms with van der Waals surface area (Å²) in [5, 5.41) is 1.15. The van der Waals surface area contributed by atoms with Gasteiger partial charge < -0.3 is 9.30 Å². The molecule has 0 N–H and O–H groups in total. The van der Waals surface area contributed by atoms with E-state index < -0.39 is 0 Å². The van der Waals surface area contributed by atoms with Gasteiger partial charge in [0.25, 0.3) is 0 Å². The van der Waals surface area contributed by atoms with E-state index in [-0.39, 0.29) is 0 Å². The minimum absolute atomic E-state index is 0.694. The zero-order valence-corrected chi connectivity index (χ0v) is 9.66. The van der Waals surface area contributed by atoms with Gasteiger partial charge in [-0.3, -0.25) is 0 Å². The van der Waals surface area contributed by atoms with Gasteiger partial charge in [0, 0.05) is 11.6 Å². The Morgan fingerprint density at radius 3 is 2.94 bits per heavy atom. The predicted octanol–water partition coefficient (Wildman–Crippen LogP) is 3.06. The van der Waals surface area contributed by atoms with Crippen LogP contribution < -0.4 is 4.74 Å². The fourth-order valence-electron chi connectivity index (χ4n) is 1.78. The standard InChI is InChI=1S/C14H15NO/c1-3-5-10-15-11-9-12-13(15)7-6-8-14(12)16-4-2/h6-9,11H,4,10H2,1-2H3. The molecule has 2 heteroatoms. The third-order valence-electron chi connectivity index (χ3n) is 2.50. The van der Waals surface area contributed by atoms with Gasteiger partial charge in [0.05, 0.1) is 18.7 Å². The van der Waals surface area contributed by atoms with Crippen LogP contribution in [0.5, 0.6) is 5.75 Å². The Morgan fingerprint density at radius 2 is 2.19 bits per heavy atom. The van der Waals surface area contributed by atoms with Crippen molar-refractivity contribution in [3.8, 4) is 17.6 Å². The third kappa shape index (κ3) is 1.90. The topological polar surface area (TPSA) is 14.2 Å². The highest BCUT2D eigenvalue weighted by Crippen LogP contribution is 2.26. The van der Waals surface area contributed by atoms with Gasteiger partial charge in [-0.25, -0.2) is 0 Å². The van der Waals surface area contributed by atoms with Gasteiger partial charge >= 0.3 is 0 Å². The molecule has 0 aliphatic carbocycles. The predicted molar refractivity (Wildman–Crippen MR) is 66.6 cm³/mol. The maximum Gasteiger partial charge on any atom is 0.128 e. The van der Waals surface area contributed by atoms with Crippen molar-refractivity contribution < 1.29 is 4.74 Å². The number of aromatic nitrogens is 1. The van der Waals surface area contributed by atoms with Crippen molar-refractivity contribution in [1.82, 2.24) is 4.57 Å². The van der Waals surface area contributed by atoms with Gasteiger partial charge in [0.15, 0.2) is 0 Å². The molecule has 0 spiro atoms. The van der Waals surface area contributed by atoms with Crippen molar-refractivity contribution in [3.05, 3.63) is 30.5 Å². The Labute approximate surface area is 95.8 Å². The molecule has 0 radical (unpaired) electrons. The first-order valence-electron chi connectivity index (χ1n) is 5.47. The summed E-state index contributed by atoms with van der Waals surface area (Å²) in [7, 11) is 0. The smallest absolute Gasteiger partial charge is 0.128 e. The third-order valence-corrected chi connectivity index (χ3v) is 2.50. The van der Waals surface area contributed by atoms with Crippen molar-refractivity contribution in [1.29, 1.82) is 0 Å². The van der Waals surface area contributed by atoms with Crippen LogP contribution in [0.4, 0.5) is 0 Å². The van der Waals surface area contributed by atoms with Crippen LogP contribution in [0.15, 0.2) is 30.5 Å². The number of hydrogen-bond donors (Lipinski definition) is 0. The molecule has 0 unspecified atom stereocenters. The van der Waals surface area contributed by atoms with E-state index in [0.717, 1.165) is 17.7 Å². The normalized spacial score (nSPS) is 9.88. The van der Waals surface area contributed by atoms with E-state index in [0.29, 0.717) is 6.61 Å². The zero-order valence-electron chi connectivity index (χ0n) is 9.66. The van der Waals surface area contributed by atoms with Gasteiger partial charge in [-0.15, -0.1) is 5.92 Å². The molecule has 0 aliphatic heterocycles. The summed E-state index contributed by atoms with van der Waals surface area (Å²) in [6.45, 7) is 5.28. The Bertz CT molecular complexity index is 543. The molecule has 2 aromatic rings. The number of nitrogens with zero attached hydrogens (tertiary/aromatic N) is 1. The quantitative estimate of drug-likeness (QED) is 0.715. The molecule has 0 amide bonds. The second-order valence-electron chi connectivity index (χ2n) is 3.49. The Hall–Kier alpha value is -1.88. The molecule has 0 fully saturated rings. The molecule has 0 bridgehead atoms. The van der Waals surface area contributed by atoms with Crippen molar-refractivity contribution in [3.63, 3.8) is 0 Å². The molecule has 16 heavy (non-hydrogen) atoms. The lowest BCUT2D eigenvalue weighted by atomic mass is 10.2. The fourth-order valence-corrected chi connectivity index (χ4v) is 1.78. The molecular weight excluding hydrogens is 198 g/mol. The maximum absolute atomic E-state index is 5.59. The average Bonchev–Trinajstić information content (AvgIpc) is 2.71. The molecule has 1 aromatic carbocycles. The number of rotatable bonds is 3. The second-order valence-corrected chi connectivity index (χ2v) is 3.49. The van der Waals surface area contributed by atoms with E-state index in [2.05, 4.69) is 34.7 Å². The highest BCUT2D eigenvalue weighted by Gasteiger charge is 2.04. The first kappa shape index (κ1) is 10.6. The highest BCUT2D eigenvalue weighted by molar-refractivity contribution is 5.86. The lowest BCUT2D eigenvalue weighted by molar-refractivity contribution is 0.344. The molecule has 0 saturated heterocycles. The molecule has 1 aromatic heterocycles. The van der Waals surface area contributed by atoms with Crippen LogP contribution in [0, 0.1) is 11.8 Å². The molecule has 0 aliphatic rings. The highest BCUT2D eigenvalue weighted by atomic mass is 16.5. The fraction of sp³-hybridized carbons (Fsp3) is 0.286. The summed E-state index contributed by atoms with van der Waals surface area (Å²) in [4.78, 5) is 0. The van der Waals surface area contributed by atoms with Crippen LogP contribution in [0.2, 0.25) is 0 Å². The van der Waals surface area contributed by atoms with Crippen molar-refractivity contribution >= 4 is 10.9 Å². The van der Waals surface area contributed by atoms with E-state index in [9.17, 15) is 0 Å². The SMILES string of the molecule is CC#CCn1ccc2c(OCC)cccc21. The first-order valence-corrected chi connectivity index (χ1v) is 5.47. The van der Waals surface area contributed by atoms with Crippen LogP contribution in [-0.2, 0) is 6.54 Å². The first-order chi connectivity index (χ1) is 7.86. The van der Waals surface area contributed by atoms with Crippen LogP contribution in [0.25, 0.3) is 10.9 Å². The molecule has 2 nitrogen and oxygen atoms in total. The molecule has 0 atom stereocenters. The average molecular weight is 213 g/mol. The van der Waals surface area contributed by atoms with Gasteiger partial charge in [0.1, 0.15) is 5.75 Å². The largest absolute Gasteiger partial charge is 0.493 e. The minimum Gasteiger partial charge on any atom is -0.493 e. The van der Waals surface area contributed by atoms with E-state index in [1.165, 1.54) is 5.52 Å². The Kier molecular flexibility index (Phi) is 3.16. The summed E-state index contributed by atoms with van der Waals surface area (Å²) in [6.07, 6.45) is 2.05. The van der Waals surface area contributed by atoms with Crippen LogP contribution in [0.3, 0.4) is 0 Å². The molecular formula is C14H15NO. The van der Waals surface area contributed by atoms with E-state index in [4.69, 9.17) is 4.74 Å². The Morgan fingerprint density at radius 1 is 1.31 bits per heavy atom. The molecule has 2 rings (SSSR count). The number of benzene rings is 1. The summed E-state index contributed by atoms with van der Waals surface area (Å²) < 4.78 is 7.72. The van der Waals surface area contributed by atoms with Gasteiger partial charge in [-0.05, 0) is 32.0 Å². The molecule has 1 heterocycles. The van der Waals surface area contributed by atoms with E-state index in [1.807, 2.05) is 26.0 Å². The number of hydrogen-bond acceptors (Lipinski definition) is 1. The van der Waals surface area contributed by atoms with Crippen LogP contribution >= 0.6 is 0 Å². The summed E-state index contributed by atoms with van der Waals surface area (Å²) in [5.41, 5.74) is 1.17. The van der Waals surface area contributed by atoms with Gasteiger partial charge in [-0.1, -0.05) is 12.0 Å². The lowest BCUT2D eigenvalue weighted by Crippen LogP contribution is -1.94. The summed E-state index contributed by atoms with van der Waals surface area (Å²) >= 11 is 0. The minimum atomic E-state index is 0.694.